The average Bonchev–Trinajstić information content (AvgIpc) is 1.99. The fourth-order valence-corrected chi connectivity index (χ4v) is 1.18. The number of carbonyl (C=O) groups excluding carboxylic acids is 1. The van der Waals surface area contributed by atoms with E-state index in [1.54, 1.807) is 0 Å². The second-order valence-electron chi connectivity index (χ2n) is 1.53. The minimum atomic E-state index is -1.93. The number of urea groups is 1. The number of hydrogen-bond donors (Lipinski definition) is 2. The highest BCUT2D eigenvalue weighted by Gasteiger charge is 2.11. The second kappa shape index (κ2) is 5.21. The topological polar surface area (TPSA) is 59.6 Å². The highest BCUT2D eigenvalue weighted by Crippen LogP contribution is 1.77. The quantitative estimate of drug-likeness (QED) is 0.522. The number of rotatable bonds is 3. The Labute approximate surface area is 61.6 Å². The lowest BCUT2D eigenvalue weighted by molar-refractivity contribution is 0.233. The molecular weight excluding hydrogens is 152 g/mol. The van der Waals surface area contributed by atoms with Crippen molar-refractivity contribution in [3.63, 3.8) is 0 Å². The molecule has 60 valence electrons. The molecular formula is C4H12N2O3Si. The first-order valence-corrected chi connectivity index (χ1v) is 4.30. The summed E-state index contributed by atoms with van der Waals surface area (Å²) in [4.78, 5) is 13.1. The van der Waals surface area contributed by atoms with Gasteiger partial charge in [0.1, 0.15) is 0 Å². The molecule has 0 radical (unpaired) electrons. The van der Waals surface area contributed by atoms with Gasteiger partial charge < -0.3 is 19.2 Å². The highest BCUT2D eigenvalue weighted by atomic mass is 28.3. The normalized spacial score (nSPS) is 9.60. The maximum absolute atomic E-state index is 10.6. The molecule has 2 amide bonds. The number of nitrogens with one attached hydrogen (secondary N) is 2. The van der Waals surface area contributed by atoms with Crippen LogP contribution in [0, 0.1) is 0 Å². The van der Waals surface area contributed by atoms with E-state index in [-0.39, 0.29) is 6.03 Å². The third-order valence-corrected chi connectivity index (χ3v) is 2.26. The van der Waals surface area contributed by atoms with E-state index in [0.29, 0.717) is 0 Å². The van der Waals surface area contributed by atoms with Crippen molar-refractivity contribution in [3.05, 3.63) is 0 Å². The molecule has 5 nitrogen and oxygen atoms in total. The van der Waals surface area contributed by atoms with E-state index in [2.05, 4.69) is 10.3 Å². The number of hydrogen-bond acceptors (Lipinski definition) is 3. The van der Waals surface area contributed by atoms with Gasteiger partial charge in [0.15, 0.2) is 0 Å². The van der Waals surface area contributed by atoms with Gasteiger partial charge >= 0.3 is 15.5 Å². The SMILES string of the molecule is CNC(=O)N[SiH](OC)OC. The lowest BCUT2D eigenvalue weighted by atomic mass is 11.0. The van der Waals surface area contributed by atoms with Crippen LogP contribution in [0.2, 0.25) is 0 Å². The molecule has 10 heavy (non-hydrogen) atoms. The van der Waals surface area contributed by atoms with Crippen molar-refractivity contribution in [2.45, 2.75) is 0 Å². The summed E-state index contributed by atoms with van der Waals surface area (Å²) in [5.41, 5.74) is 0. The zero-order valence-electron chi connectivity index (χ0n) is 6.30. The van der Waals surface area contributed by atoms with Gasteiger partial charge in [-0.3, -0.25) is 0 Å². The molecule has 0 aliphatic heterocycles. The molecule has 0 bridgehead atoms. The molecule has 0 saturated carbocycles. The third-order valence-electron chi connectivity index (χ3n) is 0.904. The van der Waals surface area contributed by atoms with Crippen LogP contribution in [0.5, 0.6) is 0 Å². The maximum atomic E-state index is 10.6. The van der Waals surface area contributed by atoms with E-state index >= 15 is 0 Å². The summed E-state index contributed by atoms with van der Waals surface area (Å²) < 4.78 is 9.63. The van der Waals surface area contributed by atoms with Gasteiger partial charge in [0.05, 0.1) is 0 Å². The highest BCUT2D eigenvalue weighted by molar-refractivity contribution is 6.45. The predicted octanol–water partition coefficient (Wildman–Crippen LogP) is -1.07. The lowest BCUT2D eigenvalue weighted by Crippen LogP contribution is -2.46. The molecule has 0 fully saturated rings. The van der Waals surface area contributed by atoms with Crippen LogP contribution in [0.1, 0.15) is 0 Å². The van der Waals surface area contributed by atoms with Crippen molar-refractivity contribution in [1.82, 2.24) is 10.3 Å². The fourth-order valence-electron chi connectivity index (χ4n) is 0.393. The Morgan fingerprint density at radius 2 is 1.90 bits per heavy atom. The number of amides is 2. The summed E-state index contributed by atoms with van der Waals surface area (Å²) >= 11 is 0. The number of carbonyl (C=O) groups is 1. The molecule has 0 spiro atoms. The summed E-state index contributed by atoms with van der Waals surface area (Å²) in [5, 5.41) is 2.39. The molecule has 0 heterocycles. The van der Waals surface area contributed by atoms with Crippen molar-refractivity contribution in [2.24, 2.45) is 0 Å². The smallest absolute Gasteiger partial charge is 0.384 e. The monoisotopic (exact) mass is 164 g/mol. The Hall–Kier alpha value is -0.593. The Kier molecular flexibility index (Phi) is 4.90. The molecule has 0 atom stereocenters. The minimum absolute atomic E-state index is 0.277. The molecule has 6 heteroatoms. The standard InChI is InChI=1S/C4H12N2O3Si/c1-5-4(7)6-10(8-2)9-3/h10H,1-3H3,(H2,5,6,7). The van der Waals surface area contributed by atoms with Crippen LogP contribution in [-0.4, -0.2) is 36.7 Å². The second-order valence-corrected chi connectivity index (χ2v) is 3.42. The zero-order valence-corrected chi connectivity index (χ0v) is 7.46. The van der Waals surface area contributed by atoms with Crippen molar-refractivity contribution in [1.29, 1.82) is 0 Å². The summed E-state index contributed by atoms with van der Waals surface area (Å²) in [6.45, 7) is 0. The van der Waals surface area contributed by atoms with E-state index in [1.807, 2.05) is 0 Å². The van der Waals surface area contributed by atoms with Crippen molar-refractivity contribution in [3.8, 4) is 0 Å². The Morgan fingerprint density at radius 1 is 1.40 bits per heavy atom. The molecule has 0 aliphatic rings. The largest absolute Gasteiger partial charge is 0.443 e. The Bertz CT molecular complexity index is 107. The van der Waals surface area contributed by atoms with Gasteiger partial charge in [0, 0.05) is 21.3 Å². The first-order valence-electron chi connectivity index (χ1n) is 2.78. The van der Waals surface area contributed by atoms with E-state index in [9.17, 15) is 4.79 Å². The van der Waals surface area contributed by atoms with Gasteiger partial charge in [-0.15, -0.1) is 0 Å². The van der Waals surface area contributed by atoms with Crippen LogP contribution >= 0.6 is 0 Å². The first-order chi connectivity index (χ1) is 4.74. The van der Waals surface area contributed by atoms with Gasteiger partial charge in [0.2, 0.25) is 0 Å². The molecule has 0 rings (SSSR count). The van der Waals surface area contributed by atoms with Crippen LogP contribution in [0.15, 0.2) is 0 Å². The minimum Gasteiger partial charge on any atom is -0.384 e. The third kappa shape index (κ3) is 3.44. The van der Waals surface area contributed by atoms with Gasteiger partial charge in [0.25, 0.3) is 0 Å². The molecule has 0 saturated heterocycles. The lowest BCUT2D eigenvalue weighted by Gasteiger charge is -2.10. The van der Waals surface area contributed by atoms with Crippen LogP contribution in [0.25, 0.3) is 0 Å². The average molecular weight is 164 g/mol. The summed E-state index contributed by atoms with van der Waals surface area (Å²) in [6.07, 6.45) is 0. The van der Waals surface area contributed by atoms with E-state index < -0.39 is 9.45 Å². The molecule has 0 aliphatic carbocycles. The van der Waals surface area contributed by atoms with Crippen molar-refractivity contribution in [2.75, 3.05) is 21.3 Å². The van der Waals surface area contributed by atoms with E-state index in [0.717, 1.165) is 0 Å². The fraction of sp³-hybridized carbons (Fsp3) is 0.750. The van der Waals surface area contributed by atoms with Crippen LogP contribution in [0.4, 0.5) is 4.79 Å². The molecule has 0 unspecified atom stereocenters. The van der Waals surface area contributed by atoms with Crippen molar-refractivity contribution >= 4 is 15.5 Å². The molecule has 0 aromatic rings. The van der Waals surface area contributed by atoms with Gasteiger partial charge in [-0.1, -0.05) is 0 Å². The summed E-state index contributed by atoms with van der Waals surface area (Å²) in [7, 11) is 2.60. The van der Waals surface area contributed by atoms with Crippen molar-refractivity contribution < 1.29 is 13.6 Å². The van der Waals surface area contributed by atoms with Crippen LogP contribution in [-0.2, 0) is 8.85 Å². The zero-order chi connectivity index (χ0) is 7.98. The predicted molar refractivity (Wildman–Crippen MR) is 38.8 cm³/mol. The Balaban J connectivity index is 3.52. The summed E-state index contributed by atoms with van der Waals surface area (Å²) in [6, 6.07) is -0.277. The van der Waals surface area contributed by atoms with E-state index in [1.165, 1.54) is 21.3 Å². The molecule has 0 aromatic heterocycles. The van der Waals surface area contributed by atoms with Gasteiger partial charge in [-0.25, -0.2) is 4.79 Å². The first kappa shape index (κ1) is 9.41. The van der Waals surface area contributed by atoms with Crippen LogP contribution in [0.3, 0.4) is 0 Å². The van der Waals surface area contributed by atoms with Gasteiger partial charge in [-0.2, -0.15) is 0 Å². The molecule has 2 N–H and O–H groups in total. The van der Waals surface area contributed by atoms with Crippen LogP contribution < -0.4 is 10.3 Å². The summed E-state index contributed by atoms with van der Waals surface area (Å²) in [5.74, 6) is 0. The van der Waals surface area contributed by atoms with E-state index in [4.69, 9.17) is 8.85 Å². The maximum Gasteiger partial charge on any atom is 0.443 e. The van der Waals surface area contributed by atoms with Gasteiger partial charge in [-0.05, 0) is 0 Å². The Morgan fingerprint density at radius 3 is 2.20 bits per heavy atom. The molecule has 0 aromatic carbocycles.